The molecule has 2 N–H and O–H groups in total. The van der Waals surface area contributed by atoms with Gasteiger partial charge in [0.25, 0.3) is 0 Å². The molecule has 4 rings (SSSR count). The van der Waals surface area contributed by atoms with Gasteiger partial charge in [0, 0.05) is 43.7 Å². The fourth-order valence-corrected chi connectivity index (χ4v) is 3.86. The van der Waals surface area contributed by atoms with Crippen LogP contribution in [-0.2, 0) is 32.2 Å². The lowest BCUT2D eigenvalue weighted by Gasteiger charge is -2.32. The minimum Gasteiger partial charge on any atom is -0.475 e. The maximum Gasteiger partial charge on any atom is 0.490 e. The molecule has 0 saturated carbocycles. The molecule has 0 radical (unpaired) electrons. The molecule has 216 valence electrons. The number of pyridine rings is 1. The normalized spacial score (nSPS) is 21.1. The number of nitrogens with zero attached hydrogens (tertiary/aromatic N) is 2. The summed E-state index contributed by atoms with van der Waals surface area (Å²) < 4.78 is 89.7. The summed E-state index contributed by atoms with van der Waals surface area (Å²) in [5, 5.41) is 14.2. The number of hydrogen-bond donors (Lipinski definition) is 2. The van der Waals surface area contributed by atoms with Gasteiger partial charge in [-0.3, -0.25) is 9.88 Å². The van der Waals surface area contributed by atoms with Crippen LogP contribution in [0.5, 0.6) is 0 Å². The second-order valence-electron chi connectivity index (χ2n) is 8.38. The van der Waals surface area contributed by atoms with Crippen LogP contribution in [0.4, 0.5) is 30.7 Å². The van der Waals surface area contributed by atoms with E-state index < -0.39 is 24.3 Å². The highest BCUT2D eigenvalue weighted by molar-refractivity contribution is 5.73. The van der Waals surface area contributed by atoms with Crippen LogP contribution in [0, 0.1) is 5.82 Å². The third kappa shape index (κ3) is 10.4. The quantitative estimate of drug-likeness (QED) is 0.509. The van der Waals surface area contributed by atoms with Crippen LogP contribution < -0.4 is 0 Å². The van der Waals surface area contributed by atoms with Gasteiger partial charge in [0.2, 0.25) is 0 Å². The number of likely N-dealkylation sites (tertiary alicyclic amines) is 1. The Labute approximate surface area is 218 Å². The summed E-state index contributed by atoms with van der Waals surface area (Å²) in [5.41, 5.74) is 1.84. The zero-order valence-electron chi connectivity index (χ0n) is 20.2. The van der Waals surface area contributed by atoms with Crippen LogP contribution in [-0.4, -0.2) is 75.8 Å². The number of carboxylic acid groups (broad SMARTS) is 2. The minimum absolute atomic E-state index is 0.0187. The van der Waals surface area contributed by atoms with Gasteiger partial charge < -0.3 is 19.7 Å². The summed E-state index contributed by atoms with van der Waals surface area (Å²) in [6.45, 7) is 2.71. The van der Waals surface area contributed by atoms with Gasteiger partial charge >= 0.3 is 24.3 Å². The Morgan fingerprint density at radius 3 is 2.10 bits per heavy atom. The Morgan fingerprint density at radius 2 is 1.56 bits per heavy atom. The first-order valence-electron chi connectivity index (χ1n) is 11.4. The van der Waals surface area contributed by atoms with Gasteiger partial charge in [-0.15, -0.1) is 0 Å². The Balaban J connectivity index is 0.000000317. The largest absolute Gasteiger partial charge is 0.490 e. The Kier molecular flexibility index (Phi) is 11.6. The van der Waals surface area contributed by atoms with Crippen LogP contribution in [0.2, 0.25) is 0 Å². The van der Waals surface area contributed by atoms with Crippen molar-refractivity contribution in [1.82, 2.24) is 9.88 Å². The van der Waals surface area contributed by atoms with Gasteiger partial charge in [0.15, 0.2) is 0 Å². The summed E-state index contributed by atoms with van der Waals surface area (Å²) in [5.74, 6) is -5.66. The van der Waals surface area contributed by atoms with E-state index in [1.54, 1.807) is 18.5 Å². The molecule has 2 saturated heterocycles. The number of carboxylic acids is 2. The molecule has 39 heavy (non-hydrogen) atoms. The van der Waals surface area contributed by atoms with Crippen LogP contribution in [0.15, 0.2) is 48.8 Å². The number of alkyl halides is 6. The van der Waals surface area contributed by atoms with Crippen molar-refractivity contribution in [1.29, 1.82) is 0 Å². The van der Waals surface area contributed by atoms with Crippen molar-refractivity contribution in [3.8, 4) is 0 Å². The predicted molar refractivity (Wildman–Crippen MR) is 120 cm³/mol. The van der Waals surface area contributed by atoms with E-state index in [0.717, 1.165) is 37.1 Å². The van der Waals surface area contributed by atoms with E-state index in [1.807, 2.05) is 24.3 Å². The van der Waals surface area contributed by atoms with Crippen molar-refractivity contribution in [3.05, 3.63) is 65.7 Å². The summed E-state index contributed by atoms with van der Waals surface area (Å²) in [7, 11) is 0. The number of halogens is 7. The number of fused-ring (bicyclic) bond motifs is 1. The predicted octanol–water partition coefficient (Wildman–Crippen LogP) is 4.44. The fraction of sp³-hybridized carbons (Fsp3) is 0.458. The molecule has 1 aromatic heterocycles. The van der Waals surface area contributed by atoms with E-state index in [9.17, 15) is 30.7 Å². The first-order valence-corrected chi connectivity index (χ1v) is 11.4. The second kappa shape index (κ2) is 14.2. The number of hydrogen-bond acceptors (Lipinski definition) is 6. The summed E-state index contributed by atoms with van der Waals surface area (Å²) in [6, 6.07) is 11.2. The van der Waals surface area contributed by atoms with E-state index in [4.69, 9.17) is 29.3 Å². The molecular formula is C24H25F7N2O6. The molecule has 1 aromatic carbocycles. The van der Waals surface area contributed by atoms with Crippen molar-refractivity contribution < 1.29 is 60.0 Å². The van der Waals surface area contributed by atoms with E-state index in [0.29, 0.717) is 19.2 Å². The SMILES string of the molecule is Fc1ccccc1CN1C[C@@H](OCc2ccncc2)[C@H]2OCCC[C@H]21.O=C(O)C(F)(F)F.O=C(O)C(F)(F)F. The summed E-state index contributed by atoms with van der Waals surface area (Å²) >= 11 is 0. The van der Waals surface area contributed by atoms with Crippen molar-refractivity contribution in [2.75, 3.05) is 13.2 Å². The van der Waals surface area contributed by atoms with Crippen LogP contribution in [0.1, 0.15) is 24.0 Å². The van der Waals surface area contributed by atoms with Gasteiger partial charge in [-0.05, 0) is 36.6 Å². The van der Waals surface area contributed by atoms with E-state index in [-0.39, 0.29) is 18.0 Å². The zero-order chi connectivity index (χ0) is 29.2. The van der Waals surface area contributed by atoms with Crippen molar-refractivity contribution in [3.63, 3.8) is 0 Å². The van der Waals surface area contributed by atoms with Gasteiger partial charge in [-0.2, -0.15) is 26.3 Å². The average Bonchev–Trinajstić information content (AvgIpc) is 3.22. The number of carbonyl (C=O) groups is 2. The molecule has 0 spiro atoms. The summed E-state index contributed by atoms with van der Waals surface area (Å²) in [6.07, 6.45) is -4.40. The van der Waals surface area contributed by atoms with Crippen LogP contribution in [0.25, 0.3) is 0 Å². The maximum absolute atomic E-state index is 14.0. The first kappa shape index (κ1) is 31.9. The van der Waals surface area contributed by atoms with Gasteiger partial charge in [0.05, 0.1) is 12.7 Å². The smallest absolute Gasteiger partial charge is 0.475 e. The lowest BCUT2D eigenvalue weighted by molar-refractivity contribution is -0.193. The molecule has 0 unspecified atom stereocenters. The van der Waals surface area contributed by atoms with E-state index in [1.165, 1.54) is 6.07 Å². The Hall–Kier alpha value is -3.30. The monoisotopic (exact) mass is 570 g/mol. The highest BCUT2D eigenvalue weighted by Gasteiger charge is 2.44. The molecule has 2 fully saturated rings. The number of benzene rings is 1. The Morgan fingerprint density at radius 1 is 1.00 bits per heavy atom. The maximum atomic E-state index is 14.0. The van der Waals surface area contributed by atoms with Crippen LogP contribution in [0.3, 0.4) is 0 Å². The lowest BCUT2D eigenvalue weighted by Crippen LogP contribution is -2.41. The zero-order valence-corrected chi connectivity index (χ0v) is 20.2. The topological polar surface area (TPSA) is 109 Å². The molecule has 2 aliphatic rings. The minimum atomic E-state index is -5.08. The van der Waals surface area contributed by atoms with Gasteiger partial charge in [-0.25, -0.2) is 14.0 Å². The first-order chi connectivity index (χ1) is 18.2. The molecule has 3 atom stereocenters. The molecule has 8 nitrogen and oxygen atoms in total. The number of aliphatic carboxylic acids is 2. The molecule has 0 aliphatic carbocycles. The molecule has 3 heterocycles. The number of ether oxygens (including phenoxy) is 2. The molecule has 2 aromatic rings. The third-order valence-electron chi connectivity index (χ3n) is 5.61. The average molecular weight is 570 g/mol. The van der Waals surface area contributed by atoms with Crippen molar-refractivity contribution in [2.45, 2.75) is 56.6 Å². The molecule has 15 heteroatoms. The van der Waals surface area contributed by atoms with Crippen molar-refractivity contribution in [2.24, 2.45) is 0 Å². The highest BCUT2D eigenvalue weighted by Crippen LogP contribution is 2.32. The highest BCUT2D eigenvalue weighted by atomic mass is 19.4. The second-order valence-corrected chi connectivity index (χ2v) is 8.38. The molecular weight excluding hydrogens is 545 g/mol. The molecule has 2 aliphatic heterocycles. The number of aromatic nitrogens is 1. The van der Waals surface area contributed by atoms with E-state index >= 15 is 0 Å². The standard InChI is InChI=1S/C20H23FN2O2.2C2HF3O2/c21-17-5-2-1-4-16(17)12-23-13-19(20-18(23)6-3-11-24-20)25-14-15-7-9-22-10-8-15;2*3-2(4,5)1(6)7/h1-2,4-5,7-10,18-20H,3,6,11-14H2;2*(H,6,7)/t18-,19-,20+;;/m1../s1. The third-order valence-corrected chi connectivity index (χ3v) is 5.61. The number of rotatable bonds is 5. The molecule has 0 amide bonds. The lowest BCUT2D eigenvalue weighted by atomic mass is 10.0. The molecule has 0 bridgehead atoms. The summed E-state index contributed by atoms with van der Waals surface area (Å²) in [4.78, 5) is 24.1. The van der Waals surface area contributed by atoms with Crippen molar-refractivity contribution >= 4 is 11.9 Å². The fourth-order valence-electron chi connectivity index (χ4n) is 3.86. The van der Waals surface area contributed by atoms with E-state index in [2.05, 4.69) is 9.88 Å². The van der Waals surface area contributed by atoms with Gasteiger partial charge in [0.1, 0.15) is 11.9 Å². The Bertz CT molecular complexity index is 1040. The van der Waals surface area contributed by atoms with Gasteiger partial charge in [-0.1, -0.05) is 18.2 Å². The van der Waals surface area contributed by atoms with Crippen LogP contribution >= 0.6 is 0 Å².